The fraction of sp³-hybridized carbons (Fsp3) is 0.538. The smallest absolute Gasteiger partial charge is 0.240 e. The van der Waals surface area contributed by atoms with Gasteiger partial charge in [0.15, 0.2) is 0 Å². The first kappa shape index (κ1) is 14.3. The third-order valence-corrected chi connectivity index (χ3v) is 5.01. The number of nitrogens with two attached hydrogens (primary N) is 1. The van der Waals surface area contributed by atoms with Gasteiger partial charge in [-0.3, -0.25) is 0 Å². The zero-order chi connectivity index (χ0) is 14.0. The van der Waals surface area contributed by atoms with Gasteiger partial charge in [0.2, 0.25) is 10.0 Å². The van der Waals surface area contributed by atoms with Gasteiger partial charge in [-0.05, 0) is 43.4 Å². The normalized spacial score (nSPS) is 16.9. The van der Waals surface area contributed by atoms with E-state index in [4.69, 9.17) is 5.73 Å². The minimum absolute atomic E-state index is 0.0295. The zero-order valence-electron chi connectivity index (χ0n) is 10.9. The second-order valence-corrected chi connectivity index (χ2v) is 6.91. The molecule has 0 amide bonds. The van der Waals surface area contributed by atoms with Crippen LogP contribution in [-0.4, -0.2) is 15.0 Å². The van der Waals surface area contributed by atoms with Gasteiger partial charge in [0, 0.05) is 6.54 Å². The highest BCUT2D eigenvalue weighted by atomic mass is 32.2. The lowest BCUT2D eigenvalue weighted by Gasteiger charge is -2.12. The Morgan fingerprint density at radius 2 is 2.00 bits per heavy atom. The third kappa shape index (κ3) is 3.25. The van der Waals surface area contributed by atoms with E-state index in [-0.39, 0.29) is 16.1 Å². The van der Waals surface area contributed by atoms with E-state index in [0.29, 0.717) is 12.5 Å². The van der Waals surface area contributed by atoms with E-state index < -0.39 is 15.8 Å². The summed E-state index contributed by atoms with van der Waals surface area (Å²) < 4.78 is 40.2. The van der Waals surface area contributed by atoms with Crippen molar-refractivity contribution < 1.29 is 12.8 Å². The first-order valence-corrected chi connectivity index (χ1v) is 7.94. The summed E-state index contributed by atoms with van der Waals surface area (Å²) in [6, 6.07) is 2.47. The molecule has 106 valence electrons. The number of halogens is 1. The number of anilines is 1. The average Bonchev–Trinajstić information content (AvgIpc) is 2.86. The van der Waals surface area contributed by atoms with E-state index in [1.807, 2.05) is 0 Å². The minimum Gasteiger partial charge on any atom is -0.396 e. The van der Waals surface area contributed by atoms with Crippen LogP contribution in [0.4, 0.5) is 10.1 Å². The van der Waals surface area contributed by atoms with Crippen molar-refractivity contribution in [1.82, 2.24) is 4.72 Å². The lowest BCUT2D eigenvalue weighted by molar-refractivity contribution is 0.519. The predicted molar refractivity (Wildman–Crippen MR) is 72.7 cm³/mol. The van der Waals surface area contributed by atoms with Gasteiger partial charge in [-0.1, -0.05) is 12.8 Å². The first-order valence-electron chi connectivity index (χ1n) is 6.45. The van der Waals surface area contributed by atoms with E-state index >= 15 is 0 Å². The van der Waals surface area contributed by atoms with Gasteiger partial charge in [-0.2, -0.15) is 0 Å². The molecular weight excluding hydrogens is 267 g/mol. The molecule has 1 fully saturated rings. The Morgan fingerprint density at radius 3 is 2.58 bits per heavy atom. The van der Waals surface area contributed by atoms with E-state index in [0.717, 1.165) is 25.7 Å². The van der Waals surface area contributed by atoms with Gasteiger partial charge in [0.25, 0.3) is 0 Å². The quantitative estimate of drug-likeness (QED) is 0.833. The van der Waals surface area contributed by atoms with Crippen molar-refractivity contribution in [2.24, 2.45) is 5.92 Å². The molecule has 1 aromatic rings. The number of hydrogen-bond acceptors (Lipinski definition) is 3. The maximum Gasteiger partial charge on any atom is 0.240 e. The Hall–Kier alpha value is -1.14. The van der Waals surface area contributed by atoms with Crippen molar-refractivity contribution in [3.63, 3.8) is 0 Å². The Kier molecular flexibility index (Phi) is 4.10. The molecule has 3 N–H and O–H groups in total. The lowest BCUT2D eigenvalue weighted by atomic mass is 10.1. The van der Waals surface area contributed by atoms with Gasteiger partial charge in [-0.25, -0.2) is 17.5 Å². The molecule has 1 saturated carbocycles. The van der Waals surface area contributed by atoms with Crippen LogP contribution in [0.5, 0.6) is 0 Å². The Bertz CT molecular complexity index is 543. The van der Waals surface area contributed by atoms with E-state index in [2.05, 4.69) is 4.72 Å². The summed E-state index contributed by atoms with van der Waals surface area (Å²) in [4.78, 5) is 0.0295. The molecule has 0 aliphatic heterocycles. The Morgan fingerprint density at radius 1 is 1.37 bits per heavy atom. The SMILES string of the molecule is Cc1cc(S(=O)(=O)NCC2CCCC2)cc(N)c1F. The maximum atomic E-state index is 13.4. The number of hydrogen-bond donors (Lipinski definition) is 2. The molecule has 0 spiro atoms. The summed E-state index contributed by atoms with van der Waals surface area (Å²) in [6.07, 6.45) is 4.45. The molecule has 1 aliphatic carbocycles. The molecule has 1 aromatic carbocycles. The minimum atomic E-state index is -3.61. The van der Waals surface area contributed by atoms with Crippen LogP contribution in [0.3, 0.4) is 0 Å². The fourth-order valence-electron chi connectivity index (χ4n) is 2.44. The molecule has 4 nitrogen and oxygen atoms in total. The number of nitrogens with one attached hydrogen (secondary N) is 1. The summed E-state index contributed by atoms with van der Waals surface area (Å²) in [5.41, 5.74) is 5.57. The number of benzene rings is 1. The molecule has 0 radical (unpaired) electrons. The van der Waals surface area contributed by atoms with Crippen LogP contribution in [0.25, 0.3) is 0 Å². The highest BCUT2D eigenvalue weighted by Gasteiger charge is 2.21. The molecule has 0 bridgehead atoms. The van der Waals surface area contributed by atoms with E-state index in [1.54, 1.807) is 0 Å². The molecule has 6 heteroatoms. The number of aryl methyl sites for hydroxylation is 1. The van der Waals surface area contributed by atoms with Gasteiger partial charge in [0.05, 0.1) is 10.6 Å². The van der Waals surface area contributed by atoms with Crippen LogP contribution in [-0.2, 0) is 10.0 Å². The fourth-order valence-corrected chi connectivity index (χ4v) is 3.68. The van der Waals surface area contributed by atoms with Crippen LogP contribution < -0.4 is 10.5 Å². The van der Waals surface area contributed by atoms with E-state index in [1.165, 1.54) is 19.1 Å². The zero-order valence-corrected chi connectivity index (χ0v) is 11.8. The standard InChI is InChI=1S/C13H19FN2O2S/c1-9-6-11(7-12(15)13(9)14)19(17,18)16-8-10-4-2-3-5-10/h6-7,10,16H,2-5,8,15H2,1H3. The van der Waals surface area contributed by atoms with Crippen molar-refractivity contribution in [1.29, 1.82) is 0 Å². The van der Waals surface area contributed by atoms with Crippen molar-refractivity contribution in [3.8, 4) is 0 Å². The molecule has 2 rings (SSSR count). The highest BCUT2D eigenvalue weighted by molar-refractivity contribution is 7.89. The lowest BCUT2D eigenvalue weighted by Crippen LogP contribution is -2.28. The van der Waals surface area contributed by atoms with Gasteiger partial charge in [0.1, 0.15) is 5.82 Å². The van der Waals surface area contributed by atoms with Crippen LogP contribution in [0.15, 0.2) is 17.0 Å². The van der Waals surface area contributed by atoms with Crippen molar-refractivity contribution in [2.45, 2.75) is 37.5 Å². The molecule has 0 saturated heterocycles. The third-order valence-electron chi connectivity index (χ3n) is 3.60. The average molecular weight is 286 g/mol. The van der Waals surface area contributed by atoms with Crippen LogP contribution >= 0.6 is 0 Å². The maximum absolute atomic E-state index is 13.4. The summed E-state index contributed by atoms with van der Waals surface area (Å²) >= 11 is 0. The van der Waals surface area contributed by atoms with Gasteiger partial charge in [-0.15, -0.1) is 0 Å². The predicted octanol–water partition coefficient (Wildman–Crippen LogP) is 2.18. The second kappa shape index (κ2) is 5.46. The van der Waals surface area contributed by atoms with Crippen molar-refractivity contribution in [3.05, 3.63) is 23.5 Å². The van der Waals surface area contributed by atoms with Crippen LogP contribution in [0.2, 0.25) is 0 Å². The number of sulfonamides is 1. The summed E-state index contributed by atoms with van der Waals surface area (Å²) in [6.45, 7) is 1.94. The molecule has 0 unspecified atom stereocenters. The molecule has 1 aliphatic rings. The molecule has 0 atom stereocenters. The van der Waals surface area contributed by atoms with Crippen molar-refractivity contribution >= 4 is 15.7 Å². The summed E-state index contributed by atoms with van der Waals surface area (Å²) in [5, 5.41) is 0. The van der Waals surface area contributed by atoms with Crippen molar-refractivity contribution in [2.75, 3.05) is 12.3 Å². The number of rotatable bonds is 4. The molecule has 0 heterocycles. The Labute approximate surface area is 113 Å². The molecular formula is C13H19FN2O2S. The largest absolute Gasteiger partial charge is 0.396 e. The topological polar surface area (TPSA) is 72.2 Å². The first-order chi connectivity index (χ1) is 8.90. The summed E-state index contributed by atoms with van der Waals surface area (Å²) in [5.74, 6) is -0.150. The second-order valence-electron chi connectivity index (χ2n) is 5.15. The van der Waals surface area contributed by atoms with Gasteiger partial charge >= 0.3 is 0 Å². The van der Waals surface area contributed by atoms with Crippen LogP contribution in [0, 0.1) is 18.7 Å². The van der Waals surface area contributed by atoms with Crippen LogP contribution in [0.1, 0.15) is 31.2 Å². The number of nitrogen functional groups attached to an aromatic ring is 1. The highest BCUT2D eigenvalue weighted by Crippen LogP contribution is 2.25. The summed E-state index contributed by atoms with van der Waals surface area (Å²) in [7, 11) is -3.61. The van der Waals surface area contributed by atoms with E-state index in [9.17, 15) is 12.8 Å². The molecule has 19 heavy (non-hydrogen) atoms. The van der Waals surface area contributed by atoms with Gasteiger partial charge < -0.3 is 5.73 Å². The monoisotopic (exact) mass is 286 g/mol. The Balaban J connectivity index is 2.14. The molecule has 0 aromatic heterocycles.